The average molecular weight is 456 g/mol. The topological polar surface area (TPSA) is 58.6 Å². The van der Waals surface area contributed by atoms with Crippen LogP contribution in [0.1, 0.15) is 41.4 Å². The maximum atomic E-state index is 12.8. The van der Waals surface area contributed by atoms with Crippen molar-refractivity contribution in [2.45, 2.75) is 41.7 Å². The van der Waals surface area contributed by atoms with Crippen molar-refractivity contribution in [2.24, 2.45) is 5.92 Å². The highest BCUT2D eigenvalue weighted by atomic mass is 35.5. The molecule has 0 spiro atoms. The summed E-state index contributed by atoms with van der Waals surface area (Å²) < 4.78 is 44.3. The second kappa shape index (κ2) is 7.07. The van der Waals surface area contributed by atoms with Crippen LogP contribution in [0, 0.1) is 5.92 Å². The molecule has 2 unspecified atom stereocenters. The first-order chi connectivity index (χ1) is 14.2. The van der Waals surface area contributed by atoms with Gasteiger partial charge in [0.25, 0.3) is 0 Å². The van der Waals surface area contributed by atoms with Crippen LogP contribution in [0.5, 0.6) is 11.5 Å². The van der Waals surface area contributed by atoms with E-state index in [-0.39, 0.29) is 27.8 Å². The molecule has 2 aromatic carbocycles. The molecule has 3 atom stereocenters. The number of halogens is 4. The number of amides is 1. The molecule has 6 rings (SSSR count). The zero-order valence-electron chi connectivity index (χ0n) is 15.4. The Balaban J connectivity index is 1.42. The highest BCUT2D eigenvalue weighted by molar-refractivity contribution is 8.01. The summed E-state index contributed by atoms with van der Waals surface area (Å²) in [6, 6.07) is 8.57. The first kappa shape index (κ1) is 20.0. The van der Waals surface area contributed by atoms with Crippen molar-refractivity contribution in [1.29, 1.82) is 0 Å². The van der Waals surface area contributed by atoms with Crippen molar-refractivity contribution < 1.29 is 27.8 Å². The maximum absolute atomic E-state index is 12.8. The standard InChI is InChI=1S/C21H17ClF3NO3S/c22-15-7-11(21(23,24)25)1-4-16(15)29-12-2-3-13-14(8-12)9-5-10(6-9)17(13)18-19(27)26-20(28)30-18/h1-4,7-10,17-18,20,28H,5-6H2,(H,26,27)/t9?,10?,17-,18?,20?/m1/s1. The number of nitrogens with one attached hydrogen (secondary N) is 1. The van der Waals surface area contributed by atoms with E-state index in [1.54, 1.807) is 6.07 Å². The molecule has 0 radical (unpaired) electrons. The quantitative estimate of drug-likeness (QED) is 0.663. The van der Waals surface area contributed by atoms with E-state index in [2.05, 4.69) is 5.32 Å². The molecule has 1 saturated carbocycles. The lowest BCUT2D eigenvalue weighted by molar-refractivity contribution is -0.137. The minimum absolute atomic E-state index is 0.0239. The lowest BCUT2D eigenvalue weighted by atomic mass is 9.56. The molecular formula is C21H17ClF3NO3S. The lowest BCUT2D eigenvalue weighted by Crippen LogP contribution is -2.41. The molecule has 2 bridgehead atoms. The molecule has 1 amide bonds. The Morgan fingerprint density at radius 2 is 1.90 bits per heavy atom. The van der Waals surface area contributed by atoms with Crippen molar-refractivity contribution in [1.82, 2.24) is 5.32 Å². The van der Waals surface area contributed by atoms with Gasteiger partial charge in [0.2, 0.25) is 5.91 Å². The number of carbonyl (C=O) groups excluding carboxylic acids is 1. The highest BCUT2D eigenvalue weighted by Gasteiger charge is 2.51. The Bertz CT molecular complexity index is 1030. The maximum Gasteiger partial charge on any atom is 0.416 e. The third-order valence-corrected chi connectivity index (χ3v) is 7.62. The van der Waals surface area contributed by atoms with Crippen molar-refractivity contribution in [2.75, 3.05) is 0 Å². The normalized spacial score (nSPS) is 29.8. The van der Waals surface area contributed by atoms with Crippen LogP contribution in [0.15, 0.2) is 36.4 Å². The molecule has 2 aromatic rings. The summed E-state index contributed by atoms with van der Waals surface area (Å²) in [6.07, 6.45) is -2.52. The number of ether oxygens (including phenoxy) is 1. The third-order valence-electron chi connectivity index (χ3n) is 6.15. The Kier molecular flexibility index (Phi) is 4.72. The summed E-state index contributed by atoms with van der Waals surface area (Å²) in [5.41, 5.74) is 0.462. The molecule has 2 N–H and O–H groups in total. The van der Waals surface area contributed by atoms with Crippen molar-refractivity contribution in [3.05, 3.63) is 58.1 Å². The molecule has 1 saturated heterocycles. The highest BCUT2D eigenvalue weighted by Crippen LogP contribution is 2.59. The van der Waals surface area contributed by atoms with E-state index in [9.17, 15) is 23.1 Å². The number of alkyl halides is 3. The van der Waals surface area contributed by atoms with E-state index in [0.29, 0.717) is 17.6 Å². The fourth-order valence-corrected chi connectivity index (χ4v) is 6.13. The van der Waals surface area contributed by atoms with Gasteiger partial charge in [0.1, 0.15) is 11.5 Å². The van der Waals surface area contributed by atoms with E-state index in [0.717, 1.165) is 36.1 Å². The van der Waals surface area contributed by atoms with Crippen LogP contribution in [0.4, 0.5) is 13.2 Å². The number of thioether (sulfide) groups is 1. The van der Waals surface area contributed by atoms with Gasteiger partial charge in [-0.05, 0) is 66.1 Å². The summed E-state index contributed by atoms with van der Waals surface area (Å²) in [5, 5.41) is 11.9. The number of aliphatic hydroxyl groups excluding tert-OH is 1. The van der Waals surface area contributed by atoms with Crippen molar-refractivity contribution in [3.63, 3.8) is 0 Å². The fourth-order valence-electron chi connectivity index (χ4n) is 4.72. The van der Waals surface area contributed by atoms with Gasteiger partial charge >= 0.3 is 6.18 Å². The number of aliphatic hydroxyl groups is 1. The summed E-state index contributed by atoms with van der Waals surface area (Å²) in [5.74, 6) is 1.31. The summed E-state index contributed by atoms with van der Waals surface area (Å²) >= 11 is 7.25. The number of carbonyl (C=O) groups is 1. The number of rotatable bonds is 3. The minimum Gasteiger partial charge on any atom is -0.456 e. The van der Waals surface area contributed by atoms with E-state index in [4.69, 9.17) is 16.3 Å². The Labute approximate surface area is 179 Å². The molecule has 3 aliphatic carbocycles. The van der Waals surface area contributed by atoms with Gasteiger partial charge in [-0.3, -0.25) is 4.79 Å². The van der Waals surface area contributed by atoms with Gasteiger partial charge in [-0.15, -0.1) is 0 Å². The number of hydrogen-bond acceptors (Lipinski definition) is 4. The smallest absolute Gasteiger partial charge is 0.416 e. The zero-order chi connectivity index (χ0) is 21.2. The molecule has 1 heterocycles. The van der Waals surface area contributed by atoms with Crippen molar-refractivity contribution in [3.8, 4) is 11.5 Å². The first-order valence-corrected chi connectivity index (χ1v) is 10.8. The Morgan fingerprint density at radius 3 is 2.53 bits per heavy atom. The van der Waals surface area contributed by atoms with Crippen LogP contribution < -0.4 is 10.1 Å². The Hall–Kier alpha value is -1.90. The second-order valence-corrected chi connectivity index (χ2v) is 9.54. The van der Waals surface area contributed by atoms with Gasteiger partial charge in [-0.2, -0.15) is 13.2 Å². The molecule has 2 fully saturated rings. The predicted molar refractivity (Wildman–Crippen MR) is 107 cm³/mol. The molecular weight excluding hydrogens is 439 g/mol. The molecule has 0 aromatic heterocycles. The summed E-state index contributed by atoms with van der Waals surface area (Å²) in [4.78, 5) is 12.3. The SMILES string of the molecule is O=C1NC(O)SC1[C@H]1c2ccc(Oc3ccc(C(F)(F)F)cc3Cl)cc2C2CC1C2. The van der Waals surface area contributed by atoms with E-state index < -0.39 is 17.3 Å². The minimum atomic E-state index is -4.47. The third kappa shape index (κ3) is 3.35. The molecule has 30 heavy (non-hydrogen) atoms. The van der Waals surface area contributed by atoms with Crippen LogP contribution in [0.25, 0.3) is 0 Å². The van der Waals surface area contributed by atoms with Gasteiger partial charge < -0.3 is 15.2 Å². The van der Waals surface area contributed by atoms with Gasteiger partial charge in [-0.1, -0.05) is 29.4 Å². The fraction of sp³-hybridized carbons (Fsp3) is 0.381. The molecule has 9 heteroatoms. The van der Waals surface area contributed by atoms with Crippen molar-refractivity contribution >= 4 is 29.3 Å². The molecule has 4 aliphatic rings. The second-order valence-electron chi connectivity index (χ2n) is 7.91. The number of hydrogen-bond donors (Lipinski definition) is 2. The van der Waals surface area contributed by atoms with Crippen LogP contribution >= 0.6 is 23.4 Å². The summed E-state index contributed by atoms with van der Waals surface area (Å²) in [7, 11) is 0. The van der Waals surface area contributed by atoms with E-state index >= 15 is 0 Å². The monoisotopic (exact) mass is 455 g/mol. The lowest BCUT2D eigenvalue weighted by Gasteiger charge is -2.49. The van der Waals surface area contributed by atoms with Crippen LogP contribution in [-0.4, -0.2) is 21.8 Å². The van der Waals surface area contributed by atoms with Gasteiger partial charge in [0.05, 0.1) is 15.8 Å². The Morgan fingerprint density at radius 1 is 1.13 bits per heavy atom. The van der Waals surface area contributed by atoms with Gasteiger partial charge in [-0.25, -0.2) is 0 Å². The van der Waals surface area contributed by atoms with Crippen LogP contribution in [0.3, 0.4) is 0 Å². The first-order valence-electron chi connectivity index (χ1n) is 9.53. The largest absolute Gasteiger partial charge is 0.456 e. The average Bonchev–Trinajstić information content (AvgIpc) is 2.98. The van der Waals surface area contributed by atoms with Gasteiger partial charge in [0, 0.05) is 5.92 Å². The zero-order valence-corrected chi connectivity index (χ0v) is 17.0. The van der Waals surface area contributed by atoms with Crippen LogP contribution in [-0.2, 0) is 11.0 Å². The van der Waals surface area contributed by atoms with E-state index in [1.807, 2.05) is 12.1 Å². The van der Waals surface area contributed by atoms with Gasteiger partial charge in [0.15, 0.2) is 5.56 Å². The molecule has 1 aliphatic heterocycles. The molecule has 158 valence electrons. The number of benzene rings is 2. The van der Waals surface area contributed by atoms with Crippen LogP contribution in [0.2, 0.25) is 5.02 Å². The predicted octanol–water partition coefficient (Wildman–Crippen LogP) is 5.25. The van der Waals surface area contributed by atoms with E-state index in [1.165, 1.54) is 17.8 Å². The summed E-state index contributed by atoms with van der Waals surface area (Å²) in [6.45, 7) is 0. The molecule has 4 nitrogen and oxygen atoms in total.